The van der Waals surface area contributed by atoms with Crippen LogP contribution < -0.4 is 9.47 Å². The van der Waals surface area contributed by atoms with Crippen molar-refractivity contribution in [3.8, 4) is 22.9 Å². The van der Waals surface area contributed by atoms with Crippen molar-refractivity contribution in [1.82, 2.24) is 9.97 Å². The van der Waals surface area contributed by atoms with Gasteiger partial charge in [0, 0.05) is 5.56 Å². The minimum atomic E-state index is -0.416. The minimum absolute atomic E-state index is 0.383. The van der Waals surface area contributed by atoms with Crippen LogP contribution in [-0.4, -0.2) is 22.5 Å². The zero-order valence-electron chi connectivity index (χ0n) is 15.7. The van der Waals surface area contributed by atoms with Gasteiger partial charge in [-0.3, -0.25) is 0 Å². The number of H-pyrrole nitrogens is 1. The van der Waals surface area contributed by atoms with Gasteiger partial charge in [0.05, 0.1) is 23.2 Å². The average molecular weight is 372 g/mol. The number of nitrogens with one attached hydrogen (secondary N) is 1. The Labute approximate surface area is 163 Å². The highest BCUT2D eigenvalue weighted by atomic mass is 16.6. The number of nitrogens with zero attached hydrogens (tertiary/aromatic N) is 1. The number of aryl methyl sites for hydroxylation is 1. The Kier molecular flexibility index (Phi) is 4.81. The number of esters is 1. The molecule has 0 saturated carbocycles. The summed E-state index contributed by atoms with van der Waals surface area (Å²) < 4.78 is 11.3. The molecule has 0 spiro atoms. The van der Waals surface area contributed by atoms with Crippen LogP contribution in [0.15, 0.2) is 66.7 Å². The number of hydrogen-bond donors (Lipinski definition) is 1. The summed E-state index contributed by atoms with van der Waals surface area (Å²) in [7, 11) is 0. The molecule has 0 unspecified atom stereocenters. The first-order chi connectivity index (χ1) is 13.6. The number of ether oxygens (including phenoxy) is 2. The smallest absolute Gasteiger partial charge is 0.343 e. The predicted octanol–water partition coefficient (Wildman–Crippen LogP) is 5.16. The quantitative estimate of drug-likeness (QED) is 0.388. The molecule has 1 N–H and O–H groups in total. The Morgan fingerprint density at radius 2 is 1.86 bits per heavy atom. The van der Waals surface area contributed by atoms with Gasteiger partial charge in [0.2, 0.25) is 0 Å². The first kappa shape index (κ1) is 17.8. The molecule has 0 saturated heterocycles. The fourth-order valence-corrected chi connectivity index (χ4v) is 3.03. The highest BCUT2D eigenvalue weighted by Crippen LogP contribution is 2.33. The number of aromatic nitrogens is 2. The fraction of sp³-hybridized carbons (Fsp3) is 0.130. The van der Waals surface area contributed by atoms with E-state index >= 15 is 0 Å². The Hall–Kier alpha value is -3.60. The highest BCUT2D eigenvalue weighted by Gasteiger charge is 2.15. The van der Waals surface area contributed by atoms with E-state index in [4.69, 9.17) is 9.47 Å². The van der Waals surface area contributed by atoms with Crippen molar-refractivity contribution in [3.05, 3.63) is 77.9 Å². The van der Waals surface area contributed by atoms with Crippen LogP contribution >= 0.6 is 0 Å². The summed E-state index contributed by atoms with van der Waals surface area (Å²) in [4.78, 5) is 20.4. The third kappa shape index (κ3) is 3.60. The number of imidazole rings is 1. The van der Waals surface area contributed by atoms with Gasteiger partial charge in [-0.05, 0) is 56.3 Å². The van der Waals surface area contributed by atoms with Crippen molar-refractivity contribution in [1.29, 1.82) is 0 Å². The van der Waals surface area contributed by atoms with E-state index in [1.54, 1.807) is 18.2 Å². The monoisotopic (exact) mass is 372 g/mol. The molecule has 4 rings (SSSR count). The van der Waals surface area contributed by atoms with Gasteiger partial charge in [0.15, 0.2) is 11.5 Å². The molecule has 4 aromatic rings. The first-order valence-electron chi connectivity index (χ1n) is 9.15. The molecule has 3 aromatic carbocycles. The van der Waals surface area contributed by atoms with Gasteiger partial charge in [-0.1, -0.05) is 29.8 Å². The molecule has 5 nitrogen and oxygen atoms in total. The minimum Gasteiger partial charge on any atom is -0.490 e. The fourth-order valence-electron chi connectivity index (χ4n) is 3.03. The number of fused-ring (bicyclic) bond motifs is 1. The molecule has 140 valence electrons. The molecule has 5 heteroatoms. The van der Waals surface area contributed by atoms with Crippen molar-refractivity contribution < 1.29 is 14.3 Å². The maximum absolute atomic E-state index is 12.5. The zero-order valence-corrected chi connectivity index (χ0v) is 15.7. The Bertz CT molecular complexity index is 1110. The van der Waals surface area contributed by atoms with Gasteiger partial charge in [-0.2, -0.15) is 0 Å². The van der Waals surface area contributed by atoms with E-state index < -0.39 is 5.97 Å². The Morgan fingerprint density at radius 1 is 1.00 bits per heavy atom. The summed E-state index contributed by atoms with van der Waals surface area (Å²) >= 11 is 0. The molecular formula is C23H20N2O3. The lowest BCUT2D eigenvalue weighted by molar-refractivity contribution is 0.0728. The molecule has 1 aromatic heterocycles. The van der Waals surface area contributed by atoms with Gasteiger partial charge in [0.1, 0.15) is 5.82 Å². The van der Waals surface area contributed by atoms with Crippen LogP contribution in [0.5, 0.6) is 11.5 Å². The van der Waals surface area contributed by atoms with Gasteiger partial charge < -0.3 is 14.5 Å². The molecule has 0 bridgehead atoms. The van der Waals surface area contributed by atoms with E-state index in [2.05, 4.69) is 9.97 Å². The number of carbonyl (C=O) groups is 1. The molecule has 0 atom stereocenters. The molecule has 0 aliphatic rings. The van der Waals surface area contributed by atoms with Gasteiger partial charge in [-0.25, -0.2) is 9.78 Å². The van der Waals surface area contributed by atoms with Crippen molar-refractivity contribution in [2.24, 2.45) is 0 Å². The first-order valence-corrected chi connectivity index (χ1v) is 9.15. The molecule has 0 amide bonds. The summed E-state index contributed by atoms with van der Waals surface area (Å²) in [6.07, 6.45) is 0. The summed E-state index contributed by atoms with van der Waals surface area (Å²) in [6.45, 7) is 4.28. The number of carbonyl (C=O) groups excluding carboxylic acids is 1. The van der Waals surface area contributed by atoms with Gasteiger partial charge in [0.25, 0.3) is 0 Å². The van der Waals surface area contributed by atoms with E-state index in [0.29, 0.717) is 23.7 Å². The Morgan fingerprint density at radius 3 is 2.64 bits per heavy atom. The highest BCUT2D eigenvalue weighted by molar-refractivity contribution is 5.91. The summed E-state index contributed by atoms with van der Waals surface area (Å²) in [5.74, 6) is 1.20. The van der Waals surface area contributed by atoms with Crippen molar-refractivity contribution in [2.45, 2.75) is 13.8 Å². The van der Waals surface area contributed by atoms with Crippen LogP contribution in [0.4, 0.5) is 0 Å². The van der Waals surface area contributed by atoms with Crippen LogP contribution in [-0.2, 0) is 0 Å². The van der Waals surface area contributed by atoms with E-state index in [-0.39, 0.29) is 0 Å². The molecule has 0 aliphatic carbocycles. The van der Waals surface area contributed by atoms with Gasteiger partial charge >= 0.3 is 5.97 Å². The zero-order chi connectivity index (χ0) is 19.5. The molecular weight excluding hydrogens is 352 g/mol. The van der Waals surface area contributed by atoms with Gasteiger partial charge in [-0.15, -0.1) is 0 Å². The Balaban J connectivity index is 1.65. The number of para-hydroxylation sites is 2. The second-order valence-electron chi connectivity index (χ2n) is 6.46. The number of hydrogen-bond acceptors (Lipinski definition) is 4. The van der Waals surface area contributed by atoms with E-state index in [1.165, 1.54) is 0 Å². The van der Waals surface area contributed by atoms with Crippen molar-refractivity contribution >= 4 is 17.0 Å². The van der Waals surface area contributed by atoms with Crippen LogP contribution in [0.25, 0.3) is 22.4 Å². The predicted molar refractivity (Wildman–Crippen MR) is 109 cm³/mol. The van der Waals surface area contributed by atoms with Crippen molar-refractivity contribution in [2.75, 3.05) is 6.61 Å². The normalized spacial score (nSPS) is 10.8. The standard InChI is InChI=1S/C23H20N2O3/c1-3-27-21-14-16(22-24-18-9-4-5-10-19(18)25-22)11-12-20(21)28-23(26)17-8-6-7-15(2)13-17/h4-14H,3H2,1-2H3,(H,24,25). The van der Waals surface area contributed by atoms with Crippen LogP contribution in [0.3, 0.4) is 0 Å². The average Bonchev–Trinajstić information content (AvgIpc) is 3.13. The van der Waals surface area contributed by atoms with E-state index in [0.717, 1.165) is 28.0 Å². The topological polar surface area (TPSA) is 64.2 Å². The summed E-state index contributed by atoms with van der Waals surface area (Å²) in [5.41, 5.74) is 4.22. The second-order valence-corrected chi connectivity index (χ2v) is 6.46. The number of rotatable bonds is 5. The third-order valence-corrected chi connectivity index (χ3v) is 4.36. The lowest BCUT2D eigenvalue weighted by Gasteiger charge is -2.12. The lowest BCUT2D eigenvalue weighted by Crippen LogP contribution is -2.10. The lowest BCUT2D eigenvalue weighted by atomic mass is 10.1. The number of aromatic amines is 1. The van der Waals surface area contributed by atoms with Crippen molar-refractivity contribution in [3.63, 3.8) is 0 Å². The largest absolute Gasteiger partial charge is 0.490 e. The third-order valence-electron chi connectivity index (χ3n) is 4.36. The van der Waals surface area contributed by atoms with Crippen LogP contribution in [0, 0.1) is 6.92 Å². The van der Waals surface area contributed by atoms with E-state index in [1.807, 2.05) is 62.4 Å². The number of benzene rings is 3. The summed E-state index contributed by atoms with van der Waals surface area (Å²) in [5, 5.41) is 0. The molecule has 0 aliphatic heterocycles. The second kappa shape index (κ2) is 7.56. The molecule has 28 heavy (non-hydrogen) atoms. The van der Waals surface area contributed by atoms with Crippen LogP contribution in [0.1, 0.15) is 22.8 Å². The van der Waals surface area contributed by atoms with E-state index in [9.17, 15) is 4.79 Å². The summed E-state index contributed by atoms with van der Waals surface area (Å²) in [6, 6.07) is 20.6. The van der Waals surface area contributed by atoms with Crippen LogP contribution in [0.2, 0.25) is 0 Å². The molecule has 0 radical (unpaired) electrons. The maximum atomic E-state index is 12.5. The molecule has 1 heterocycles. The SMILES string of the molecule is CCOc1cc(-c2nc3ccccc3[nH]2)ccc1OC(=O)c1cccc(C)c1. The molecule has 0 fully saturated rings. The maximum Gasteiger partial charge on any atom is 0.343 e.